The average Bonchev–Trinajstić information content (AvgIpc) is 2.79. The van der Waals surface area contributed by atoms with Crippen LogP contribution in [0.25, 0.3) is 0 Å². The maximum Gasteiger partial charge on any atom is 0.117 e. The molecule has 0 N–H and O–H groups in total. The van der Waals surface area contributed by atoms with Crippen molar-refractivity contribution in [2.24, 2.45) is 4.99 Å². The highest BCUT2D eigenvalue weighted by molar-refractivity contribution is 7.96. The fraction of sp³-hybridized carbons (Fsp3) is 0.269. The molecule has 1 fully saturated rings. The lowest BCUT2D eigenvalue weighted by Crippen LogP contribution is -3.00. The lowest BCUT2D eigenvalue weighted by molar-refractivity contribution is -0.00000559. The van der Waals surface area contributed by atoms with Gasteiger partial charge in [-0.05, 0) is 49.2 Å². The minimum Gasteiger partial charge on any atom is -1.00 e. The smallest absolute Gasteiger partial charge is 0.117 e. The van der Waals surface area contributed by atoms with Crippen molar-refractivity contribution in [3.8, 4) is 0 Å². The van der Waals surface area contributed by atoms with E-state index >= 15 is 0 Å². The molecule has 1 aliphatic carbocycles. The Morgan fingerprint density at radius 1 is 0.655 bits per heavy atom. The van der Waals surface area contributed by atoms with Crippen LogP contribution < -0.4 is 28.3 Å². The van der Waals surface area contributed by atoms with E-state index in [1.54, 1.807) is 0 Å². The predicted octanol–water partition coefficient (Wildman–Crippen LogP) is 2.39. The Morgan fingerprint density at radius 3 is 1.48 bits per heavy atom. The molecule has 150 valence electrons. The predicted molar refractivity (Wildman–Crippen MR) is 125 cm³/mol. The Balaban J connectivity index is 0.00000240. The molecule has 1 aliphatic rings. The van der Waals surface area contributed by atoms with E-state index in [1.807, 2.05) is 0 Å². The summed E-state index contributed by atoms with van der Waals surface area (Å²) in [6, 6.07) is 33.8. The van der Waals surface area contributed by atoms with Crippen molar-refractivity contribution in [3.63, 3.8) is 0 Å². The summed E-state index contributed by atoms with van der Waals surface area (Å²) in [5, 5.41) is 4.30. The zero-order valence-corrected chi connectivity index (χ0v) is 18.5. The minimum atomic E-state index is -1.77. The summed E-state index contributed by atoms with van der Waals surface area (Å²) < 4.78 is 0. The number of rotatable bonds is 6. The lowest BCUT2D eigenvalue weighted by atomic mass is 9.96. The Kier molecular flexibility index (Phi) is 8.04. The molecule has 1 saturated carbocycles. The van der Waals surface area contributed by atoms with Gasteiger partial charge in [-0.2, -0.15) is 0 Å². The molecule has 0 aromatic heterocycles. The van der Waals surface area contributed by atoms with E-state index in [4.69, 9.17) is 4.99 Å². The van der Waals surface area contributed by atoms with E-state index in [0.717, 1.165) is 6.16 Å². The van der Waals surface area contributed by atoms with Crippen LogP contribution in [0.3, 0.4) is 0 Å². The molecule has 29 heavy (non-hydrogen) atoms. The number of aliphatic imine (C=N–C) groups is 1. The van der Waals surface area contributed by atoms with Gasteiger partial charge in [-0.1, -0.05) is 73.9 Å². The van der Waals surface area contributed by atoms with Crippen LogP contribution in [0.4, 0.5) is 0 Å². The zero-order valence-electron chi connectivity index (χ0n) is 16.8. The Labute approximate surface area is 182 Å². The first-order chi connectivity index (χ1) is 13.9. The molecule has 0 bridgehead atoms. The Bertz CT molecular complexity index is 778. The fourth-order valence-corrected chi connectivity index (χ4v) is 8.27. The van der Waals surface area contributed by atoms with Crippen molar-refractivity contribution in [1.29, 1.82) is 0 Å². The van der Waals surface area contributed by atoms with Crippen molar-refractivity contribution in [3.05, 3.63) is 91.0 Å². The molecule has 0 amide bonds. The maximum atomic E-state index is 5.05. The largest absolute Gasteiger partial charge is 1.00 e. The first kappa shape index (κ1) is 21.8. The topological polar surface area (TPSA) is 12.4 Å². The van der Waals surface area contributed by atoms with Gasteiger partial charge in [0, 0.05) is 12.3 Å². The van der Waals surface area contributed by atoms with Gasteiger partial charge >= 0.3 is 0 Å². The van der Waals surface area contributed by atoms with E-state index in [1.165, 1.54) is 48.0 Å². The Morgan fingerprint density at radius 2 is 1.07 bits per heavy atom. The number of hydrogen-bond donors (Lipinski definition) is 0. The number of halogens is 1. The van der Waals surface area contributed by atoms with E-state index in [0.29, 0.717) is 6.04 Å². The summed E-state index contributed by atoms with van der Waals surface area (Å²) in [7, 11) is -1.77. The summed E-state index contributed by atoms with van der Waals surface area (Å²) in [6.45, 7) is 0. The highest BCUT2D eigenvalue weighted by Crippen LogP contribution is 2.54. The molecule has 3 heteroatoms. The Hall–Kier alpha value is -1.95. The molecule has 0 unspecified atom stereocenters. The number of hydrogen-bond acceptors (Lipinski definition) is 1. The summed E-state index contributed by atoms with van der Waals surface area (Å²) in [4.78, 5) is 5.05. The fourth-order valence-electron chi connectivity index (χ4n) is 4.36. The van der Waals surface area contributed by atoms with Gasteiger partial charge in [-0.25, -0.2) is 0 Å². The van der Waals surface area contributed by atoms with E-state index < -0.39 is 7.26 Å². The normalized spacial score (nSPS) is 15.2. The monoisotopic (exact) mass is 421 g/mol. The molecule has 0 aliphatic heterocycles. The quantitative estimate of drug-likeness (QED) is 0.428. The van der Waals surface area contributed by atoms with Gasteiger partial charge < -0.3 is 12.4 Å². The average molecular weight is 422 g/mol. The second-order valence-electron chi connectivity index (χ2n) is 7.62. The van der Waals surface area contributed by atoms with Crippen LogP contribution in [-0.2, 0) is 0 Å². The summed E-state index contributed by atoms with van der Waals surface area (Å²) in [6.07, 6.45) is 9.80. The van der Waals surface area contributed by atoms with E-state index in [-0.39, 0.29) is 12.4 Å². The molecule has 4 rings (SSSR count). The molecule has 0 heterocycles. The zero-order chi connectivity index (χ0) is 19.1. The van der Waals surface area contributed by atoms with Crippen molar-refractivity contribution in [1.82, 2.24) is 0 Å². The minimum absolute atomic E-state index is 0. The van der Waals surface area contributed by atoms with E-state index in [9.17, 15) is 0 Å². The standard InChI is InChI=1S/C26H29NP.ClH/c1-5-13-23(14-6-1)27-21-22-28(24-15-7-2-8-16-24,25-17-9-3-10-18-25)26-19-11-4-12-20-26;/h2-4,7-12,15-21,23H,1,5-6,13-14,22H2;1H/q+1;/p-1. The van der Waals surface area contributed by atoms with Crippen LogP contribution in [0.5, 0.6) is 0 Å². The third kappa shape index (κ3) is 4.97. The van der Waals surface area contributed by atoms with Crippen molar-refractivity contribution >= 4 is 29.4 Å². The third-order valence-electron chi connectivity index (χ3n) is 5.84. The van der Waals surface area contributed by atoms with Crippen LogP contribution in [0.1, 0.15) is 32.1 Å². The van der Waals surface area contributed by atoms with Gasteiger partial charge in [0.05, 0.1) is 0 Å². The molecule has 1 nitrogen and oxygen atoms in total. The molecule has 0 radical (unpaired) electrons. The SMILES string of the molecule is C(C[P+](c1ccccc1)(c1ccccc1)c1ccccc1)=NC1CCCCC1.[Cl-]. The first-order valence-electron chi connectivity index (χ1n) is 10.5. The van der Waals surface area contributed by atoms with Crippen molar-refractivity contribution in [2.45, 2.75) is 38.1 Å². The summed E-state index contributed by atoms with van der Waals surface area (Å²) in [5.74, 6) is 0. The van der Waals surface area contributed by atoms with Gasteiger partial charge in [0.2, 0.25) is 0 Å². The lowest BCUT2D eigenvalue weighted by Gasteiger charge is -2.26. The van der Waals surface area contributed by atoms with Gasteiger partial charge in [-0.15, -0.1) is 0 Å². The summed E-state index contributed by atoms with van der Waals surface area (Å²) >= 11 is 0. The molecule has 0 saturated heterocycles. The second-order valence-corrected chi connectivity index (χ2v) is 11.2. The van der Waals surface area contributed by atoms with Crippen LogP contribution in [0.15, 0.2) is 96.0 Å². The van der Waals surface area contributed by atoms with Crippen molar-refractivity contribution < 1.29 is 12.4 Å². The number of nitrogens with zero attached hydrogens (tertiary/aromatic N) is 1. The maximum absolute atomic E-state index is 5.05. The van der Waals surface area contributed by atoms with Gasteiger partial charge in [-0.3, -0.25) is 4.99 Å². The molecule has 0 spiro atoms. The van der Waals surface area contributed by atoms with Crippen molar-refractivity contribution in [2.75, 3.05) is 6.16 Å². The summed E-state index contributed by atoms with van der Waals surface area (Å²) in [5.41, 5.74) is 0. The molecular formula is C26H29ClNP. The van der Waals surface area contributed by atoms with Crippen LogP contribution in [-0.4, -0.2) is 18.4 Å². The second kappa shape index (κ2) is 10.7. The molecule has 0 atom stereocenters. The van der Waals surface area contributed by atoms with Crippen LogP contribution >= 0.6 is 7.26 Å². The van der Waals surface area contributed by atoms with Gasteiger partial charge in [0.1, 0.15) is 29.3 Å². The first-order valence-corrected chi connectivity index (χ1v) is 12.4. The van der Waals surface area contributed by atoms with Gasteiger partial charge in [0.15, 0.2) is 0 Å². The van der Waals surface area contributed by atoms with Crippen LogP contribution in [0, 0.1) is 0 Å². The third-order valence-corrected chi connectivity index (χ3v) is 10.1. The number of benzene rings is 3. The van der Waals surface area contributed by atoms with Crippen LogP contribution in [0.2, 0.25) is 0 Å². The molecular weight excluding hydrogens is 393 g/mol. The highest BCUT2D eigenvalue weighted by atomic mass is 35.5. The molecule has 3 aromatic carbocycles. The van der Waals surface area contributed by atoms with Gasteiger partial charge in [0.25, 0.3) is 0 Å². The highest BCUT2D eigenvalue weighted by Gasteiger charge is 2.44. The molecule has 3 aromatic rings. The van der Waals surface area contributed by atoms with E-state index in [2.05, 4.69) is 97.2 Å².